The molecule has 5 heteroatoms. The van der Waals surface area contributed by atoms with Gasteiger partial charge in [0, 0.05) is 17.5 Å². The van der Waals surface area contributed by atoms with E-state index in [0.717, 1.165) is 28.4 Å². The number of thioether (sulfide) groups is 1. The molecular formula is C13H19N3OS. The van der Waals surface area contributed by atoms with Gasteiger partial charge in [-0.05, 0) is 30.4 Å². The summed E-state index contributed by atoms with van der Waals surface area (Å²) in [5, 5.41) is 6.23. The fraction of sp³-hybridized carbons (Fsp3) is 0.462. The van der Waals surface area contributed by atoms with Gasteiger partial charge in [0.2, 0.25) is 5.91 Å². The van der Waals surface area contributed by atoms with Crippen molar-refractivity contribution in [1.29, 1.82) is 0 Å². The van der Waals surface area contributed by atoms with Crippen LogP contribution in [0, 0.1) is 0 Å². The number of hydrogen-bond acceptors (Lipinski definition) is 4. The molecular weight excluding hydrogens is 246 g/mol. The highest BCUT2D eigenvalue weighted by Crippen LogP contribution is 2.31. The standard InChI is InChI=1S/C13H19N3OS/c1-3-18-7-8(2)15-12-6-11-9(4-10(12)14)5-13(17)16-11/h4,6,8,15H,3,5,7,14H2,1-2H3,(H,16,17). The summed E-state index contributed by atoms with van der Waals surface area (Å²) in [4.78, 5) is 11.3. The summed E-state index contributed by atoms with van der Waals surface area (Å²) >= 11 is 1.89. The van der Waals surface area contributed by atoms with Gasteiger partial charge in [0.15, 0.2) is 0 Å². The van der Waals surface area contributed by atoms with Crippen LogP contribution in [0.4, 0.5) is 17.1 Å². The molecule has 2 rings (SSSR count). The zero-order chi connectivity index (χ0) is 13.1. The Morgan fingerprint density at radius 1 is 1.56 bits per heavy atom. The van der Waals surface area contributed by atoms with E-state index in [1.807, 2.05) is 23.9 Å². The summed E-state index contributed by atoms with van der Waals surface area (Å²) in [7, 11) is 0. The van der Waals surface area contributed by atoms with E-state index in [0.29, 0.717) is 18.2 Å². The Labute approximate surface area is 112 Å². The SMILES string of the molecule is CCSCC(C)Nc1cc2c(cc1N)CC(=O)N2. The van der Waals surface area contributed by atoms with Crippen molar-refractivity contribution in [2.45, 2.75) is 26.3 Å². The molecule has 1 amide bonds. The number of nitrogens with two attached hydrogens (primary N) is 1. The number of rotatable bonds is 5. The maximum Gasteiger partial charge on any atom is 0.228 e. The Bertz CT molecular complexity index is 462. The molecule has 98 valence electrons. The minimum absolute atomic E-state index is 0.0381. The zero-order valence-electron chi connectivity index (χ0n) is 10.7. The van der Waals surface area contributed by atoms with Crippen LogP contribution in [-0.2, 0) is 11.2 Å². The first kappa shape index (κ1) is 13.1. The van der Waals surface area contributed by atoms with Crippen molar-refractivity contribution in [3.8, 4) is 0 Å². The number of amides is 1. The number of carbonyl (C=O) groups is 1. The van der Waals surface area contributed by atoms with Gasteiger partial charge >= 0.3 is 0 Å². The molecule has 1 heterocycles. The Morgan fingerprint density at radius 2 is 2.33 bits per heavy atom. The van der Waals surface area contributed by atoms with E-state index in [2.05, 4.69) is 24.5 Å². The highest BCUT2D eigenvalue weighted by atomic mass is 32.2. The van der Waals surface area contributed by atoms with Gasteiger partial charge in [-0.1, -0.05) is 6.92 Å². The second kappa shape index (κ2) is 5.52. The highest BCUT2D eigenvalue weighted by molar-refractivity contribution is 7.99. The van der Waals surface area contributed by atoms with Crippen LogP contribution in [0.25, 0.3) is 0 Å². The molecule has 1 unspecified atom stereocenters. The van der Waals surface area contributed by atoms with Gasteiger partial charge in [-0.15, -0.1) is 0 Å². The number of nitrogens with one attached hydrogen (secondary N) is 2. The quantitative estimate of drug-likeness (QED) is 0.715. The van der Waals surface area contributed by atoms with Gasteiger partial charge in [-0.25, -0.2) is 0 Å². The summed E-state index contributed by atoms with van der Waals surface area (Å²) in [6.45, 7) is 4.28. The Balaban J connectivity index is 2.10. The third-order valence-corrected chi connectivity index (χ3v) is 4.02. The smallest absolute Gasteiger partial charge is 0.228 e. The number of hydrogen-bond donors (Lipinski definition) is 3. The Kier molecular flexibility index (Phi) is 4.01. The van der Waals surface area contributed by atoms with E-state index in [-0.39, 0.29) is 5.91 Å². The monoisotopic (exact) mass is 265 g/mol. The number of benzene rings is 1. The lowest BCUT2D eigenvalue weighted by Gasteiger charge is -2.17. The molecule has 0 fully saturated rings. The lowest BCUT2D eigenvalue weighted by atomic mass is 10.1. The summed E-state index contributed by atoms with van der Waals surface area (Å²) in [5.74, 6) is 2.19. The third-order valence-electron chi connectivity index (χ3n) is 2.87. The molecule has 1 atom stereocenters. The largest absolute Gasteiger partial charge is 0.397 e. The lowest BCUT2D eigenvalue weighted by molar-refractivity contribution is -0.115. The molecule has 1 aromatic carbocycles. The zero-order valence-corrected chi connectivity index (χ0v) is 11.6. The van der Waals surface area contributed by atoms with Crippen LogP contribution in [0.5, 0.6) is 0 Å². The van der Waals surface area contributed by atoms with Crippen LogP contribution in [0.2, 0.25) is 0 Å². The molecule has 4 nitrogen and oxygen atoms in total. The minimum Gasteiger partial charge on any atom is -0.397 e. The van der Waals surface area contributed by atoms with E-state index in [4.69, 9.17) is 5.73 Å². The molecule has 0 aliphatic carbocycles. The summed E-state index contributed by atoms with van der Waals surface area (Å²) < 4.78 is 0. The molecule has 0 radical (unpaired) electrons. The van der Waals surface area contributed by atoms with Crippen LogP contribution in [0.1, 0.15) is 19.4 Å². The van der Waals surface area contributed by atoms with E-state index in [9.17, 15) is 4.79 Å². The van der Waals surface area contributed by atoms with Crippen molar-refractivity contribution >= 4 is 34.7 Å². The summed E-state index contributed by atoms with van der Waals surface area (Å²) in [6, 6.07) is 4.17. The first-order valence-electron chi connectivity index (χ1n) is 6.16. The van der Waals surface area contributed by atoms with E-state index < -0.39 is 0 Å². The van der Waals surface area contributed by atoms with Crippen LogP contribution < -0.4 is 16.4 Å². The van der Waals surface area contributed by atoms with Gasteiger partial charge in [0.25, 0.3) is 0 Å². The second-order valence-corrected chi connectivity index (χ2v) is 5.85. The van der Waals surface area contributed by atoms with Crippen molar-refractivity contribution in [1.82, 2.24) is 0 Å². The van der Waals surface area contributed by atoms with Crippen molar-refractivity contribution in [3.63, 3.8) is 0 Å². The molecule has 18 heavy (non-hydrogen) atoms. The van der Waals surface area contributed by atoms with Gasteiger partial charge < -0.3 is 16.4 Å². The molecule has 0 aromatic heterocycles. The maximum atomic E-state index is 11.3. The Morgan fingerprint density at radius 3 is 3.06 bits per heavy atom. The third kappa shape index (κ3) is 2.90. The average molecular weight is 265 g/mol. The van der Waals surface area contributed by atoms with Crippen molar-refractivity contribution in [2.75, 3.05) is 27.9 Å². The first-order valence-corrected chi connectivity index (χ1v) is 7.32. The van der Waals surface area contributed by atoms with Crippen molar-refractivity contribution < 1.29 is 4.79 Å². The molecule has 0 saturated carbocycles. The molecule has 0 bridgehead atoms. The van der Waals surface area contributed by atoms with E-state index in [1.54, 1.807) is 0 Å². The van der Waals surface area contributed by atoms with E-state index in [1.165, 1.54) is 0 Å². The summed E-state index contributed by atoms with van der Waals surface area (Å²) in [5.41, 5.74) is 9.48. The van der Waals surface area contributed by atoms with E-state index >= 15 is 0 Å². The molecule has 1 aliphatic rings. The molecule has 0 spiro atoms. The number of fused-ring (bicyclic) bond motifs is 1. The molecule has 0 saturated heterocycles. The average Bonchev–Trinajstić information content (AvgIpc) is 2.66. The van der Waals surface area contributed by atoms with Gasteiger partial charge in [-0.2, -0.15) is 11.8 Å². The lowest BCUT2D eigenvalue weighted by Crippen LogP contribution is -2.19. The van der Waals surface area contributed by atoms with Crippen LogP contribution >= 0.6 is 11.8 Å². The first-order chi connectivity index (χ1) is 8.60. The van der Waals surface area contributed by atoms with Crippen molar-refractivity contribution in [2.24, 2.45) is 0 Å². The van der Waals surface area contributed by atoms with Crippen molar-refractivity contribution in [3.05, 3.63) is 17.7 Å². The van der Waals surface area contributed by atoms with Gasteiger partial charge in [-0.3, -0.25) is 4.79 Å². The number of carbonyl (C=O) groups excluding carboxylic acids is 1. The Hall–Kier alpha value is -1.36. The normalized spacial score (nSPS) is 15.1. The number of nitrogen functional groups attached to an aromatic ring is 1. The fourth-order valence-corrected chi connectivity index (χ4v) is 2.69. The van der Waals surface area contributed by atoms with Crippen LogP contribution in [-0.4, -0.2) is 23.5 Å². The molecule has 4 N–H and O–H groups in total. The topological polar surface area (TPSA) is 67.1 Å². The molecule has 1 aliphatic heterocycles. The molecule has 1 aromatic rings. The fourth-order valence-electron chi connectivity index (χ4n) is 2.02. The number of anilines is 3. The summed E-state index contributed by atoms with van der Waals surface area (Å²) in [6.07, 6.45) is 0.432. The van der Waals surface area contributed by atoms with Crippen LogP contribution in [0.3, 0.4) is 0 Å². The van der Waals surface area contributed by atoms with Crippen LogP contribution in [0.15, 0.2) is 12.1 Å². The van der Waals surface area contributed by atoms with Gasteiger partial charge in [0.1, 0.15) is 0 Å². The second-order valence-electron chi connectivity index (χ2n) is 4.53. The predicted molar refractivity (Wildman–Crippen MR) is 79.3 cm³/mol. The highest BCUT2D eigenvalue weighted by Gasteiger charge is 2.19. The predicted octanol–water partition coefficient (Wildman–Crippen LogP) is 2.32. The maximum absolute atomic E-state index is 11.3. The minimum atomic E-state index is 0.0381. The van der Waals surface area contributed by atoms with Gasteiger partial charge in [0.05, 0.1) is 17.8 Å².